The second-order valence-electron chi connectivity index (χ2n) is 2.80. The molecule has 0 bridgehead atoms. The molecule has 0 aromatic heterocycles. The molecule has 1 saturated heterocycles. The van der Waals surface area contributed by atoms with Gasteiger partial charge in [-0.1, -0.05) is 0 Å². The van der Waals surface area contributed by atoms with Gasteiger partial charge in [-0.05, 0) is 19.4 Å². The molecule has 0 aromatic rings. The monoisotopic (exact) mass is 153 g/mol. The number of hydrogen-bond acceptors (Lipinski definition) is 2. The lowest BCUT2D eigenvalue weighted by Gasteiger charge is -2.20. The molecule has 0 saturated carbocycles. The molecule has 0 spiro atoms. The fourth-order valence-electron chi connectivity index (χ4n) is 1.39. The lowest BCUT2D eigenvalue weighted by molar-refractivity contribution is -0.144. The van der Waals surface area contributed by atoms with E-state index in [4.69, 9.17) is 11.5 Å². The van der Waals surface area contributed by atoms with Crippen LogP contribution in [0.3, 0.4) is 0 Å². The predicted molar refractivity (Wildman–Crippen MR) is 41.1 cm³/mol. The molecule has 3 nitrogen and oxygen atoms in total. The summed E-state index contributed by atoms with van der Waals surface area (Å²) in [6.45, 7) is 0.758. The topological polar surface area (TPSA) is 49.3 Å². The number of carbonyl (C=O) groups is 1. The Hall–Kier alpha value is -1.01. The average molecular weight is 153 g/mol. The number of carboxylic acid groups (broad SMARTS) is 1. The third kappa shape index (κ3) is 1.36. The first kappa shape index (κ1) is 8.09. The van der Waals surface area contributed by atoms with Gasteiger partial charge in [0, 0.05) is 6.42 Å². The summed E-state index contributed by atoms with van der Waals surface area (Å²) in [5.41, 5.74) is -0.825. The van der Waals surface area contributed by atoms with Crippen molar-refractivity contribution in [1.29, 1.82) is 0 Å². The van der Waals surface area contributed by atoms with E-state index < -0.39 is 11.5 Å². The van der Waals surface area contributed by atoms with Crippen molar-refractivity contribution in [3.8, 4) is 12.3 Å². The highest BCUT2D eigenvalue weighted by Gasteiger charge is 2.40. The zero-order valence-electron chi connectivity index (χ0n) is 6.26. The SMILES string of the molecule is C#CCC1(C(=O)O)CCCN1. The van der Waals surface area contributed by atoms with Crippen LogP contribution in [-0.4, -0.2) is 23.2 Å². The molecule has 1 atom stereocenters. The maximum atomic E-state index is 10.8. The smallest absolute Gasteiger partial charge is 0.324 e. The minimum Gasteiger partial charge on any atom is -0.480 e. The van der Waals surface area contributed by atoms with E-state index in [1.165, 1.54) is 0 Å². The Morgan fingerprint density at radius 1 is 1.82 bits per heavy atom. The van der Waals surface area contributed by atoms with Gasteiger partial charge in [0.05, 0.1) is 0 Å². The molecule has 0 radical (unpaired) electrons. The third-order valence-corrected chi connectivity index (χ3v) is 2.06. The molecule has 1 rings (SSSR count). The van der Waals surface area contributed by atoms with E-state index in [-0.39, 0.29) is 6.42 Å². The van der Waals surface area contributed by atoms with Crippen molar-refractivity contribution < 1.29 is 9.90 Å². The Kier molecular flexibility index (Phi) is 2.16. The first-order valence-corrected chi connectivity index (χ1v) is 3.63. The van der Waals surface area contributed by atoms with Crippen LogP contribution in [0.5, 0.6) is 0 Å². The Labute approximate surface area is 65.8 Å². The molecule has 1 unspecified atom stereocenters. The summed E-state index contributed by atoms with van der Waals surface area (Å²) in [6, 6.07) is 0. The molecule has 0 aromatic carbocycles. The summed E-state index contributed by atoms with van der Waals surface area (Å²) in [7, 11) is 0. The molecule has 60 valence electrons. The second-order valence-corrected chi connectivity index (χ2v) is 2.80. The zero-order chi connectivity index (χ0) is 8.32. The maximum Gasteiger partial charge on any atom is 0.324 e. The standard InChI is InChI=1S/C8H11NO2/c1-2-4-8(7(10)11)5-3-6-9-8/h1,9H,3-6H2,(H,10,11). The van der Waals surface area contributed by atoms with E-state index in [0.717, 1.165) is 13.0 Å². The van der Waals surface area contributed by atoms with E-state index >= 15 is 0 Å². The van der Waals surface area contributed by atoms with Crippen molar-refractivity contribution in [3.63, 3.8) is 0 Å². The number of nitrogens with one attached hydrogen (secondary N) is 1. The van der Waals surface area contributed by atoms with Gasteiger partial charge >= 0.3 is 5.97 Å². The zero-order valence-corrected chi connectivity index (χ0v) is 6.26. The highest BCUT2D eigenvalue weighted by Crippen LogP contribution is 2.22. The Morgan fingerprint density at radius 2 is 2.55 bits per heavy atom. The molecule has 0 amide bonds. The van der Waals surface area contributed by atoms with Gasteiger partial charge in [-0.2, -0.15) is 0 Å². The van der Waals surface area contributed by atoms with Gasteiger partial charge in [-0.3, -0.25) is 4.79 Å². The highest BCUT2D eigenvalue weighted by atomic mass is 16.4. The van der Waals surface area contributed by atoms with E-state index in [9.17, 15) is 4.79 Å². The van der Waals surface area contributed by atoms with Gasteiger partial charge in [0.15, 0.2) is 0 Å². The summed E-state index contributed by atoms with van der Waals surface area (Å²) in [5.74, 6) is 1.56. The van der Waals surface area contributed by atoms with Gasteiger partial charge in [-0.15, -0.1) is 12.3 Å². The molecule has 3 heteroatoms. The Bertz CT molecular complexity index is 199. The van der Waals surface area contributed by atoms with Gasteiger partial charge in [0.2, 0.25) is 0 Å². The van der Waals surface area contributed by atoms with Crippen molar-refractivity contribution >= 4 is 5.97 Å². The lowest BCUT2D eigenvalue weighted by Crippen LogP contribution is -2.47. The molecule has 1 aliphatic rings. The van der Waals surface area contributed by atoms with E-state index in [2.05, 4.69) is 11.2 Å². The maximum absolute atomic E-state index is 10.8. The van der Waals surface area contributed by atoms with Crippen LogP contribution in [0.4, 0.5) is 0 Å². The van der Waals surface area contributed by atoms with Crippen LogP contribution >= 0.6 is 0 Å². The molecule has 1 aliphatic heterocycles. The lowest BCUT2D eigenvalue weighted by atomic mass is 9.94. The van der Waals surface area contributed by atoms with Crippen molar-refractivity contribution in [2.45, 2.75) is 24.8 Å². The normalized spacial score (nSPS) is 29.7. The number of terminal acetylenes is 1. The number of hydrogen-bond donors (Lipinski definition) is 2. The molecule has 1 fully saturated rings. The molecular formula is C8H11NO2. The average Bonchev–Trinajstić information content (AvgIpc) is 2.38. The van der Waals surface area contributed by atoms with Gasteiger partial charge in [0.25, 0.3) is 0 Å². The van der Waals surface area contributed by atoms with E-state index in [1.807, 2.05) is 0 Å². The van der Waals surface area contributed by atoms with Crippen LogP contribution < -0.4 is 5.32 Å². The van der Waals surface area contributed by atoms with Crippen molar-refractivity contribution in [3.05, 3.63) is 0 Å². The summed E-state index contributed by atoms with van der Waals surface area (Å²) >= 11 is 0. The minimum absolute atomic E-state index is 0.280. The Morgan fingerprint density at radius 3 is 2.91 bits per heavy atom. The quantitative estimate of drug-likeness (QED) is 0.558. The molecule has 2 N–H and O–H groups in total. The molecule has 0 aliphatic carbocycles. The largest absolute Gasteiger partial charge is 0.480 e. The van der Waals surface area contributed by atoms with Crippen LogP contribution in [0.15, 0.2) is 0 Å². The molecule has 1 heterocycles. The van der Waals surface area contributed by atoms with Crippen LogP contribution in [0.1, 0.15) is 19.3 Å². The summed E-state index contributed by atoms with van der Waals surface area (Å²) in [5, 5.41) is 11.8. The second kappa shape index (κ2) is 2.93. The first-order chi connectivity index (χ1) is 5.21. The van der Waals surface area contributed by atoms with Crippen LogP contribution in [0.25, 0.3) is 0 Å². The number of rotatable bonds is 2. The number of aliphatic carboxylic acids is 1. The van der Waals surface area contributed by atoms with Crippen molar-refractivity contribution in [2.75, 3.05) is 6.54 Å². The Balaban J connectivity index is 2.72. The van der Waals surface area contributed by atoms with Gasteiger partial charge < -0.3 is 10.4 Å². The molecule has 11 heavy (non-hydrogen) atoms. The summed E-state index contributed by atoms with van der Waals surface area (Å²) in [4.78, 5) is 10.8. The van der Waals surface area contributed by atoms with Gasteiger partial charge in [0.1, 0.15) is 5.54 Å². The van der Waals surface area contributed by atoms with Crippen LogP contribution in [0, 0.1) is 12.3 Å². The summed E-state index contributed by atoms with van der Waals surface area (Å²) < 4.78 is 0. The summed E-state index contributed by atoms with van der Waals surface area (Å²) in [6.07, 6.45) is 6.90. The first-order valence-electron chi connectivity index (χ1n) is 3.63. The van der Waals surface area contributed by atoms with Crippen molar-refractivity contribution in [1.82, 2.24) is 5.32 Å². The highest BCUT2D eigenvalue weighted by molar-refractivity contribution is 5.79. The number of carboxylic acids is 1. The third-order valence-electron chi connectivity index (χ3n) is 2.06. The fourth-order valence-corrected chi connectivity index (χ4v) is 1.39. The van der Waals surface area contributed by atoms with E-state index in [1.54, 1.807) is 0 Å². The van der Waals surface area contributed by atoms with Crippen LogP contribution in [0.2, 0.25) is 0 Å². The van der Waals surface area contributed by atoms with Crippen LogP contribution in [-0.2, 0) is 4.79 Å². The predicted octanol–water partition coefficient (Wildman–Crippen LogP) is 0.216. The fraction of sp³-hybridized carbons (Fsp3) is 0.625. The van der Waals surface area contributed by atoms with Crippen molar-refractivity contribution in [2.24, 2.45) is 0 Å². The van der Waals surface area contributed by atoms with Gasteiger partial charge in [-0.25, -0.2) is 0 Å². The minimum atomic E-state index is -0.826. The molecular weight excluding hydrogens is 142 g/mol. The van der Waals surface area contributed by atoms with E-state index in [0.29, 0.717) is 6.42 Å².